The van der Waals surface area contributed by atoms with Gasteiger partial charge >= 0.3 is 0 Å². The molecule has 1 aliphatic heterocycles. The van der Waals surface area contributed by atoms with Gasteiger partial charge in [-0.1, -0.05) is 6.07 Å². The molecule has 154 valence electrons. The van der Waals surface area contributed by atoms with Crippen molar-refractivity contribution < 1.29 is 4.79 Å². The van der Waals surface area contributed by atoms with Crippen LogP contribution in [0.2, 0.25) is 0 Å². The molecular formula is C23H26N6O. The molecule has 1 fully saturated rings. The zero-order valence-corrected chi connectivity index (χ0v) is 17.3. The van der Waals surface area contributed by atoms with Crippen molar-refractivity contribution in [2.45, 2.75) is 19.8 Å². The maximum Gasteiger partial charge on any atom is 0.227 e. The first-order valence-electron chi connectivity index (χ1n) is 10.1. The number of aromatic nitrogens is 2. The molecule has 0 atom stereocenters. The van der Waals surface area contributed by atoms with Crippen LogP contribution in [0.25, 0.3) is 11.3 Å². The number of benzene rings is 2. The van der Waals surface area contributed by atoms with Gasteiger partial charge in [-0.2, -0.15) is 0 Å². The van der Waals surface area contributed by atoms with Crippen molar-refractivity contribution >= 4 is 34.6 Å². The minimum Gasteiger partial charge on any atom is -0.397 e. The summed E-state index contributed by atoms with van der Waals surface area (Å²) in [7, 11) is 1.75. The van der Waals surface area contributed by atoms with Crippen LogP contribution in [0.15, 0.2) is 54.7 Å². The van der Waals surface area contributed by atoms with Gasteiger partial charge in [-0.15, -0.1) is 0 Å². The summed E-state index contributed by atoms with van der Waals surface area (Å²) in [6.45, 7) is 3.66. The minimum absolute atomic E-state index is 0.0123. The number of hydrogen-bond donors (Lipinski definition) is 2. The summed E-state index contributed by atoms with van der Waals surface area (Å²) in [5.74, 6) is 0.490. The largest absolute Gasteiger partial charge is 0.397 e. The van der Waals surface area contributed by atoms with E-state index in [4.69, 9.17) is 5.73 Å². The lowest BCUT2D eigenvalue weighted by Gasteiger charge is -2.20. The molecule has 0 saturated carbocycles. The van der Waals surface area contributed by atoms with Gasteiger partial charge in [-0.25, -0.2) is 9.97 Å². The van der Waals surface area contributed by atoms with Crippen molar-refractivity contribution in [1.29, 1.82) is 0 Å². The van der Waals surface area contributed by atoms with Gasteiger partial charge in [0.05, 0.1) is 17.1 Å². The summed E-state index contributed by atoms with van der Waals surface area (Å²) >= 11 is 0. The fraction of sp³-hybridized carbons (Fsp3) is 0.261. The van der Waals surface area contributed by atoms with Crippen molar-refractivity contribution in [2.24, 2.45) is 0 Å². The van der Waals surface area contributed by atoms with Gasteiger partial charge in [-0.05, 0) is 55.3 Å². The quantitative estimate of drug-likeness (QED) is 0.626. The minimum atomic E-state index is -0.0123. The SMILES string of the molecule is CC(=O)N(C)c1ccc(Nc2nccc(-c3ccc(N4CCCC4)c(N)c3)n2)cc1. The molecule has 1 amide bonds. The maximum atomic E-state index is 11.5. The molecule has 0 spiro atoms. The smallest absolute Gasteiger partial charge is 0.227 e. The molecule has 7 heteroatoms. The van der Waals surface area contributed by atoms with Crippen LogP contribution in [-0.4, -0.2) is 36.0 Å². The fourth-order valence-corrected chi connectivity index (χ4v) is 3.62. The van der Waals surface area contributed by atoms with E-state index in [1.165, 1.54) is 19.8 Å². The van der Waals surface area contributed by atoms with E-state index in [0.29, 0.717) is 5.95 Å². The van der Waals surface area contributed by atoms with E-state index in [1.54, 1.807) is 18.1 Å². The Hall–Kier alpha value is -3.61. The van der Waals surface area contributed by atoms with Gasteiger partial charge in [0.2, 0.25) is 11.9 Å². The van der Waals surface area contributed by atoms with Crippen molar-refractivity contribution in [3.05, 3.63) is 54.7 Å². The number of nitrogens with zero attached hydrogens (tertiary/aromatic N) is 4. The molecule has 1 aliphatic rings. The molecule has 0 aliphatic carbocycles. The van der Waals surface area contributed by atoms with Crippen LogP contribution in [0.5, 0.6) is 0 Å². The number of hydrogen-bond acceptors (Lipinski definition) is 6. The van der Waals surface area contributed by atoms with E-state index in [2.05, 4.69) is 32.3 Å². The van der Waals surface area contributed by atoms with Crippen LogP contribution >= 0.6 is 0 Å². The van der Waals surface area contributed by atoms with Crippen LogP contribution in [-0.2, 0) is 4.79 Å². The normalized spacial score (nSPS) is 13.3. The van der Waals surface area contributed by atoms with Gasteiger partial charge in [-0.3, -0.25) is 4.79 Å². The van der Waals surface area contributed by atoms with E-state index >= 15 is 0 Å². The zero-order valence-electron chi connectivity index (χ0n) is 17.3. The number of amides is 1. The van der Waals surface area contributed by atoms with Gasteiger partial charge in [0.15, 0.2) is 0 Å². The van der Waals surface area contributed by atoms with Crippen LogP contribution in [0.1, 0.15) is 19.8 Å². The van der Waals surface area contributed by atoms with E-state index in [1.807, 2.05) is 36.4 Å². The second kappa shape index (κ2) is 8.41. The van der Waals surface area contributed by atoms with Crippen molar-refractivity contribution in [3.8, 4) is 11.3 Å². The molecule has 0 bridgehead atoms. The molecule has 2 aromatic carbocycles. The van der Waals surface area contributed by atoms with Gasteiger partial charge in [0, 0.05) is 50.2 Å². The monoisotopic (exact) mass is 402 g/mol. The number of carbonyl (C=O) groups is 1. The summed E-state index contributed by atoms with van der Waals surface area (Å²) in [6, 6.07) is 15.5. The predicted octanol–water partition coefficient (Wildman–Crippen LogP) is 4.05. The Labute approximate surface area is 176 Å². The highest BCUT2D eigenvalue weighted by molar-refractivity contribution is 5.91. The summed E-state index contributed by atoms with van der Waals surface area (Å²) in [5.41, 5.74) is 11.6. The third-order valence-electron chi connectivity index (χ3n) is 5.41. The Balaban J connectivity index is 1.51. The van der Waals surface area contributed by atoms with Crippen molar-refractivity contribution in [3.63, 3.8) is 0 Å². The first-order valence-corrected chi connectivity index (χ1v) is 10.1. The summed E-state index contributed by atoms with van der Waals surface area (Å²) in [5, 5.41) is 3.22. The molecule has 1 saturated heterocycles. The molecular weight excluding hydrogens is 376 g/mol. The molecule has 4 rings (SSSR count). The highest BCUT2D eigenvalue weighted by Crippen LogP contribution is 2.31. The summed E-state index contributed by atoms with van der Waals surface area (Å²) in [6.07, 6.45) is 4.16. The number of rotatable bonds is 5. The molecule has 1 aromatic heterocycles. The number of nitrogens with one attached hydrogen (secondary N) is 1. The lowest BCUT2D eigenvalue weighted by atomic mass is 10.1. The van der Waals surface area contributed by atoms with Gasteiger partial charge in [0.1, 0.15) is 0 Å². The van der Waals surface area contributed by atoms with E-state index in [0.717, 1.165) is 47.1 Å². The Morgan fingerprint density at radius 1 is 1.10 bits per heavy atom. The van der Waals surface area contributed by atoms with Crippen molar-refractivity contribution in [1.82, 2.24) is 9.97 Å². The molecule has 0 radical (unpaired) electrons. The fourth-order valence-electron chi connectivity index (χ4n) is 3.62. The number of carbonyl (C=O) groups excluding carboxylic acids is 1. The highest BCUT2D eigenvalue weighted by Gasteiger charge is 2.15. The number of anilines is 5. The van der Waals surface area contributed by atoms with Gasteiger partial charge in [0.25, 0.3) is 0 Å². The summed E-state index contributed by atoms with van der Waals surface area (Å²) < 4.78 is 0. The lowest BCUT2D eigenvalue weighted by Crippen LogP contribution is -2.22. The molecule has 0 unspecified atom stereocenters. The summed E-state index contributed by atoms with van der Waals surface area (Å²) in [4.78, 5) is 24.4. The van der Waals surface area contributed by atoms with E-state index in [9.17, 15) is 4.79 Å². The van der Waals surface area contributed by atoms with Crippen LogP contribution in [0, 0.1) is 0 Å². The lowest BCUT2D eigenvalue weighted by molar-refractivity contribution is -0.116. The first-order chi connectivity index (χ1) is 14.5. The third kappa shape index (κ3) is 4.20. The first kappa shape index (κ1) is 19.7. The Morgan fingerprint density at radius 2 is 1.83 bits per heavy atom. The predicted molar refractivity (Wildman–Crippen MR) is 122 cm³/mol. The Morgan fingerprint density at radius 3 is 2.50 bits per heavy atom. The van der Waals surface area contributed by atoms with Crippen molar-refractivity contribution in [2.75, 3.05) is 41.0 Å². The molecule has 2 heterocycles. The Bertz CT molecular complexity index is 1040. The molecule has 3 aromatic rings. The molecule has 7 nitrogen and oxygen atoms in total. The van der Waals surface area contributed by atoms with Crippen LogP contribution < -0.4 is 20.9 Å². The second-order valence-corrected chi connectivity index (χ2v) is 7.48. The average molecular weight is 403 g/mol. The topological polar surface area (TPSA) is 87.4 Å². The third-order valence-corrected chi connectivity index (χ3v) is 5.41. The Kier molecular flexibility index (Phi) is 5.52. The van der Waals surface area contributed by atoms with Crippen LogP contribution in [0.4, 0.5) is 28.7 Å². The number of nitrogens with two attached hydrogens (primary N) is 1. The van der Waals surface area contributed by atoms with E-state index < -0.39 is 0 Å². The number of nitrogen functional groups attached to an aromatic ring is 1. The second-order valence-electron chi connectivity index (χ2n) is 7.48. The standard InChI is InChI=1S/C23H26N6O/c1-16(30)28(2)19-8-6-18(7-9-19)26-23-25-12-11-21(27-23)17-5-10-22(20(24)15-17)29-13-3-4-14-29/h5-12,15H,3-4,13-14,24H2,1-2H3,(H,25,26,27). The van der Waals surface area contributed by atoms with Gasteiger partial charge < -0.3 is 20.9 Å². The van der Waals surface area contributed by atoms with Crippen LogP contribution in [0.3, 0.4) is 0 Å². The highest BCUT2D eigenvalue weighted by atomic mass is 16.2. The maximum absolute atomic E-state index is 11.5. The zero-order chi connectivity index (χ0) is 21.1. The average Bonchev–Trinajstić information content (AvgIpc) is 3.28. The molecule has 3 N–H and O–H groups in total. The van der Waals surface area contributed by atoms with E-state index in [-0.39, 0.29) is 5.91 Å². The molecule has 30 heavy (non-hydrogen) atoms.